The molecule has 11 nitrogen and oxygen atoms in total. The summed E-state index contributed by atoms with van der Waals surface area (Å²) in [5, 5.41) is 10.4. The number of hydrogen-bond acceptors (Lipinski definition) is 11. The van der Waals surface area contributed by atoms with Gasteiger partial charge < -0.3 is 20.7 Å². The number of carbonyl (C=O) groups excluding carboxylic acids is 1. The number of carbonyl (C=O) groups is 1. The Morgan fingerprint density at radius 1 is 0.867 bits per heavy atom. The van der Waals surface area contributed by atoms with E-state index in [1.54, 1.807) is 12.1 Å². The molecule has 0 saturated carbocycles. The molecule has 322 valence electrons. The molecule has 0 radical (unpaired) electrons. The highest BCUT2D eigenvalue weighted by Gasteiger charge is 2.48. The summed E-state index contributed by atoms with van der Waals surface area (Å²) in [6.07, 6.45) is 4.34. The zero-order valence-electron chi connectivity index (χ0n) is 32.6. The van der Waals surface area contributed by atoms with Gasteiger partial charge >= 0.3 is 5.51 Å². The van der Waals surface area contributed by atoms with E-state index < -0.39 is 52.8 Å². The Hall–Kier alpha value is -4.10. The van der Waals surface area contributed by atoms with Crippen LogP contribution >= 0.6 is 23.4 Å². The van der Waals surface area contributed by atoms with Gasteiger partial charge in [0.05, 0.1) is 23.8 Å². The van der Waals surface area contributed by atoms with Gasteiger partial charge in [-0.1, -0.05) is 47.5 Å². The summed E-state index contributed by atoms with van der Waals surface area (Å²) in [5.74, 6) is -0.703. The molecule has 6 rings (SSSR count). The van der Waals surface area contributed by atoms with Crippen LogP contribution in [-0.4, -0.2) is 97.4 Å². The second kappa shape index (κ2) is 20.6. The van der Waals surface area contributed by atoms with Crippen LogP contribution in [0.4, 0.5) is 24.5 Å². The summed E-state index contributed by atoms with van der Waals surface area (Å²) in [6.45, 7) is 4.40. The van der Waals surface area contributed by atoms with Gasteiger partial charge in [0.25, 0.3) is 25.8 Å². The van der Waals surface area contributed by atoms with E-state index in [4.69, 9.17) is 16.3 Å². The number of hydrogen-bond donors (Lipinski definition) is 4. The molecule has 1 fully saturated rings. The molecule has 60 heavy (non-hydrogen) atoms. The molecule has 1 atom stereocenters. The van der Waals surface area contributed by atoms with Gasteiger partial charge in [0.2, 0.25) is 0 Å². The third-order valence-corrected chi connectivity index (χ3v) is 14.4. The van der Waals surface area contributed by atoms with Crippen LogP contribution in [-0.2, 0) is 24.6 Å². The summed E-state index contributed by atoms with van der Waals surface area (Å²) in [5.41, 5.74) is -1.60. The first kappa shape index (κ1) is 45.4. The maximum absolute atomic E-state index is 14.1. The summed E-state index contributed by atoms with van der Waals surface area (Å²) in [4.78, 5) is 14.0. The maximum atomic E-state index is 14.1. The van der Waals surface area contributed by atoms with E-state index in [9.17, 15) is 34.8 Å². The van der Waals surface area contributed by atoms with Crippen molar-refractivity contribution in [1.29, 1.82) is 0 Å². The number of sulfone groups is 1. The van der Waals surface area contributed by atoms with Crippen LogP contribution < -0.4 is 20.7 Å². The Bertz CT molecular complexity index is 2330. The summed E-state index contributed by atoms with van der Waals surface area (Å²) < 4.78 is 102. The lowest BCUT2D eigenvalue weighted by Gasteiger charge is -2.31. The van der Waals surface area contributed by atoms with Crippen molar-refractivity contribution < 1.29 is 39.5 Å². The molecule has 4 aromatic rings. The van der Waals surface area contributed by atoms with E-state index in [1.165, 1.54) is 40.6 Å². The number of halogens is 4. The average molecular weight is 907 g/mol. The van der Waals surface area contributed by atoms with Crippen molar-refractivity contribution in [1.82, 2.24) is 14.9 Å². The molecule has 1 aliphatic heterocycles. The van der Waals surface area contributed by atoms with Gasteiger partial charge in [-0.25, -0.2) is 21.6 Å². The molecular weight excluding hydrogens is 859 g/mol. The first-order valence-corrected chi connectivity index (χ1v) is 23.8. The van der Waals surface area contributed by atoms with Gasteiger partial charge in [0.15, 0.2) is 0 Å². The van der Waals surface area contributed by atoms with E-state index in [0.717, 1.165) is 49.3 Å². The van der Waals surface area contributed by atoms with E-state index in [-0.39, 0.29) is 5.56 Å². The molecule has 1 saturated heterocycles. The number of morpholine rings is 1. The number of alkyl halides is 3. The second-order valence-corrected chi connectivity index (χ2v) is 19.5. The SMILES string of the molecule is O=C(NS(=O)(=O)c1ccc(N[C@@H](CSc2ccccc2)CN2CCOCC2)c(S(=O)(=O)C(F)(F)F)c1)c1ccc(NCCNCC2=C(c3ccc(Cl)cc3)CCCC2)cc1. The summed E-state index contributed by atoms with van der Waals surface area (Å²) >= 11 is 7.51. The predicted octanol–water partition coefficient (Wildman–Crippen LogP) is 7.69. The molecule has 1 amide bonds. The lowest BCUT2D eigenvalue weighted by atomic mass is 9.87. The minimum absolute atomic E-state index is 0.0375. The van der Waals surface area contributed by atoms with Crippen LogP contribution in [0.3, 0.4) is 0 Å². The van der Waals surface area contributed by atoms with Crippen molar-refractivity contribution in [2.75, 3.05) is 68.9 Å². The quantitative estimate of drug-likeness (QED) is 0.0576. The number of sulfonamides is 1. The van der Waals surface area contributed by atoms with Crippen LogP contribution in [0.5, 0.6) is 0 Å². The van der Waals surface area contributed by atoms with Crippen molar-refractivity contribution in [2.45, 2.75) is 51.9 Å². The van der Waals surface area contributed by atoms with Crippen LogP contribution in [0, 0.1) is 0 Å². The fourth-order valence-corrected chi connectivity index (χ4v) is 10.1. The van der Waals surface area contributed by atoms with Crippen molar-refractivity contribution in [3.8, 4) is 0 Å². The van der Waals surface area contributed by atoms with Crippen LogP contribution in [0.1, 0.15) is 41.6 Å². The molecule has 4 aromatic carbocycles. The van der Waals surface area contributed by atoms with E-state index >= 15 is 0 Å². The maximum Gasteiger partial charge on any atom is 0.501 e. The van der Waals surface area contributed by atoms with Gasteiger partial charge in [0, 0.05) is 72.2 Å². The molecule has 1 aliphatic carbocycles. The first-order chi connectivity index (χ1) is 28.7. The number of ether oxygens (including phenoxy) is 1. The Labute approximate surface area is 358 Å². The highest BCUT2D eigenvalue weighted by Crippen LogP contribution is 2.37. The number of amides is 1. The van der Waals surface area contributed by atoms with E-state index in [1.807, 2.05) is 47.2 Å². The molecule has 0 unspecified atom stereocenters. The lowest BCUT2D eigenvalue weighted by molar-refractivity contribution is -0.0435. The van der Waals surface area contributed by atoms with Crippen LogP contribution in [0.25, 0.3) is 5.57 Å². The summed E-state index contributed by atoms with van der Waals surface area (Å²) in [7, 11) is -10.9. The smallest absolute Gasteiger partial charge is 0.384 e. The first-order valence-electron chi connectivity index (χ1n) is 19.5. The highest BCUT2D eigenvalue weighted by molar-refractivity contribution is 7.99. The number of nitrogens with one attached hydrogen (secondary N) is 4. The Morgan fingerprint density at radius 3 is 2.27 bits per heavy atom. The van der Waals surface area contributed by atoms with Gasteiger partial charge in [0.1, 0.15) is 4.90 Å². The minimum Gasteiger partial charge on any atom is -0.384 e. The molecule has 0 bridgehead atoms. The number of rotatable bonds is 18. The standard InChI is InChI=1S/C42H47ClF3N5O6S3/c43-33-14-10-30(11-15-33)38-9-5-4-6-32(38)27-47-20-21-48-34-16-12-31(13-17-34)41(52)50-60(55,56)37-18-19-39(40(26-37)59(53,54)42(44,45)46)49-35(28-51-22-24-57-25-23-51)29-58-36-7-2-1-3-8-36/h1-3,7-8,10-19,26,35,47-49H,4-6,9,20-25,27-29H2,(H,50,52)/t35-/m1/s1. The monoisotopic (exact) mass is 905 g/mol. The van der Waals surface area contributed by atoms with E-state index in [0.29, 0.717) is 68.5 Å². The van der Waals surface area contributed by atoms with Gasteiger partial charge in [-0.15, -0.1) is 11.8 Å². The number of nitrogens with zero attached hydrogens (tertiary/aromatic N) is 1. The Morgan fingerprint density at radius 2 is 1.57 bits per heavy atom. The van der Waals surface area contributed by atoms with Crippen molar-refractivity contribution in [3.05, 3.63) is 119 Å². The molecule has 1 heterocycles. The van der Waals surface area contributed by atoms with Crippen molar-refractivity contribution in [2.24, 2.45) is 0 Å². The zero-order chi connectivity index (χ0) is 42.8. The van der Waals surface area contributed by atoms with Crippen LogP contribution in [0.2, 0.25) is 5.02 Å². The highest BCUT2D eigenvalue weighted by atomic mass is 35.5. The fraction of sp³-hybridized carbons (Fsp3) is 0.357. The minimum atomic E-state index is -6.05. The fourth-order valence-electron chi connectivity index (χ4n) is 6.98. The summed E-state index contributed by atoms with van der Waals surface area (Å²) in [6, 6.07) is 25.0. The lowest BCUT2D eigenvalue weighted by Crippen LogP contribution is -2.44. The van der Waals surface area contributed by atoms with Crippen molar-refractivity contribution in [3.63, 3.8) is 0 Å². The molecular formula is C42H47ClF3N5O6S3. The number of anilines is 2. The zero-order valence-corrected chi connectivity index (χ0v) is 35.8. The normalized spacial score (nSPS) is 16.0. The third kappa shape index (κ3) is 12.3. The molecule has 0 spiro atoms. The Balaban J connectivity index is 1.10. The second-order valence-electron chi connectivity index (χ2n) is 14.4. The molecule has 4 N–H and O–H groups in total. The largest absolute Gasteiger partial charge is 0.501 e. The third-order valence-electron chi connectivity index (χ3n) is 10.1. The number of allylic oxidation sites excluding steroid dienone is 1. The van der Waals surface area contributed by atoms with E-state index in [2.05, 4.69) is 33.0 Å². The number of benzene rings is 4. The van der Waals surface area contributed by atoms with Crippen LogP contribution in [0.15, 0.2) is 117 Å². The van der Waals surface area contributed by atoms with Gasteiger partial charge in [-0.05, 0) is 104 Å². The van der Waals surface area contributed by atoms with Gasteiger partial charge in [-0.3, -0.25) is 9.69 Å². The number of thioether (sulfide) groups is 1. The Kier molecular flexibility index (Phi) is 15.6. The topological polar surface area (TPSA) is 146 Å². The molecule has 0 aromatic heterocycles. The predicted molar refractivity (Wildman–Crippen MR) is 231 cm³/mol. The molecule has 18 heteroatoms. The van der Waals surface area contributed by atoms with Gasteiger partial charge in [-0.2, -0.15) is 13.2 Å². The average Bonchev–Trinajstić information content (AvgIpc) is 3.23. The molecule has 2 aliphatic rings. The van der Waals surface area contributed by atoms with Crippen molar-refractivity contribution >= 4 is 66.1 Å².